The van der Waals surface area contributed by atoms with Crippen LogP contribution in [0.1, 0.15) is 5.56 Å². The quantitative estimate of drug-likeness (QED) is 0.548. The number of aromatic nitrogens is 2. The van der Waals surface area contributed by atoms with Crippen molar-refractivity contribution in [3.8, 4) is 0 Å². The number of carbonyl (C=O) groups is 2. The number of rotatable bonds is 1. The summed E-state index contributed by atoms with van der Waals surface area (Å²) < 4.78 is 0. The fourth-order valence-corrected chi connectivity index (χ4v) is 1.65. The van der Waals surface area contributed by atoms with Crippen molar-refractivity contribution < 1.29 is 9.59 Å². The lowest BCUT2D eigenvalue weighted by Gasteiger charge is -2.27. The molecule has 1 aliphatic rings. The zero-order chi connectivity index (χ0) is 11.7. The lowest BCUT2D eigenvalue weighted by atomic mass is 10.2. The van der Waals surface area contributed by atoms with Crippen molar-refractivity contribution in [1.29, 1.82) is 0 Å². The van der Waals surface area contributed by atoms with E-state index in [9.17, 15) is 9.59 Å². The fourth-order valence-electron chi connectivity index (χ4n) is 1.53. The van der Waals surface area contributed by atoms with E-state index in [4.69, 9.17) is 11.6 Å². The van der Waals surface area contributed by atoms with Gasteiger partial charge in [-0.1, -0.05) is 11.6 Å². The Morgan fingerprint density at radius 1 is 1.31 bits per heavy atom. The molecule has 0 spiro atoms. The van der Waals surface area contributed by atoms with Gasteiger partial charge in [0.25, 0.3) is 0 Å². The summed E-state index contributed by atoms with van der Waals surface area (Å²) in [4.78, 5) is 31.8. The molecule has 0 aliphatic carbocycles. The zero-order valence-electron chi connectivity index (χ0n) is 8.53. The highest BCUT2D eigenvalue weighted by atomic mass is 35.5. The molecule has 1 saturated heterocycles. The van der Waals surface area contributed by atoms with E-state index in [2.05, 4.69) is 15.3 Å². The molecule has 16 heavy (non-hydrogen) atoms. The number of anilines is 1. The molecule has 0 atom stereocenters. The minimum absolute atomic E-state index is 0.0971. The molecule has 0 saturated carbocycles. The number of hydrogen-bond donors (Lipinski definition) is 1. The summed E-state index contributed by atoms with van der Waals surface area (Å²) in [6.07, 6.45) is 1.31. The summed E-state index contributed by atoms with van der Waals surface area (Å²) in [6.45, 7) is 1.94. The monoisotopic (exact) mass is 240 g/mol. The first-order valence-corrected chi connectivity index (χ1v) is 5.00. The van der Waals surface area contributed by atoms with Crippen molar-refractivity contribution >= 4 is 29.2 Å². The molecule has 0 unspecified atom stereocenters. The SMILES string of the molecule is Cc1c(Cl)ncnc1N1CC(=O)NC(=O)C1. The fraction of sp³-hybridized carbons (Fsp3) is 0.333. The number of amides is 2. The molecular weight excluding hydrogens is 232 g/mol. The lowest BCUT2D eigenvalue weighted by Crippen LogP contribution is -2.52. The van der Waals surface area contributed by atoms with Crippen LogP contribution in [0.5, 0.6) is 0 Å². The number of nitrogens with zero attached hydrogens (tertiary/aromatic N) is 3. The van der Waals surface area contributed by atoms with Gasteiger partial charge < -0.3 is 4.90 Å². The second-order valence-electron chi connectivity index (χ2n) is 3.44. The van der Waals surface area contributed by atoms with Crippen LogP contribution in [0.25, 0.3) is 0 Å². The Balaban J connectivity index is 2.33. The molecule has 1 aromatic rings. The molecule has 7 heteroatoms. The average molecular weight is 241 g/mol. The number of hydrogen-bond acceptors (Lipinski definition) is 5. The van der Waals surface area contributed by atoms with Crippen molar-refractivity contribution in [3.63, 3.8) is 0 Å². The van der Waals surface area contributed by atoms with E-state index in [1.54, 1.807) is 11.8 Å². The van der Waals surface area contributed by atoms with Gasteiger partial charge in [0, 0.05) is 5.56 Å². The Bertz CT molecular complexity index is 447. The van der Waals surface area contributed by atoms with Crippen LogP contribution >= 0.6 is 11.6 Å². The number of carbonyl (C=O) groups excluding carboxylic acids is 2. The van der Waals surface area contributed by atoms with Crippen LogP contribution in [0, 0.1) is 6.92 Å². The van der Waals surface area contributed by atoms with E-state index < -0.39 is 0 Å². The summed E-state index contributed by atoms with van der Waals surface area (Å²) in [5.74, 6) is -0.168. The van der Waals surface area contributed by atoms with Crippen LogP contribution in [0.4, 0.5) is 5.82 Å². The molecule has 2 heterocycles. The first-order chi connectivity index (χ1) is 7.58. The number of imide groups is 1. The van der Waals surface area contributed by atoms with Crippen molar-refractivity contribution in [1.82, 2.24) is 15.3 Å². The van der Waals surface area contributed by atoms with Crippen LogP contribution in [-0.4, -0.2) is 34.9 Å². The molecular formula is C9H9ClN4O2. The van der Waals surface area contributed by atoms with E-state index >= 15 is 0 Å². The van der Waals surface area contributed by atoms with Gasteiger partial charge in [0.2, 0.25) is 11.8 Å². The van der Waals surface area contributed by atoms with E-state index in [0.29, 0.717) is 16.5 Å². The van der Waals surface area contributed by atoms with Gasteiger partial charge in [0.05, 0.1) is 13.1 Å². The van der Waals surface area contributed by atoms with Crippen molar-refractivity contribution in [2.24, 2.45) is 0 Å². The van der Waals surface area contributed by atoms with Crippen molar-refractivity contribution in [2.45, 2.75) is 6.92 Å². The Labute approximate surface area is 96.6 Å². The van der Waals surface area contributed by atoms with E-state index in [0.717, 1.165) is 0 Å². The topological polar surface area (TPSA) is 75.2 Å². The van der Waals surface area contributed by atoms with E-state index in [1.807, 2.05) is 0 Å². The Morgan fingerprint density at radius 3 is 2.56 bits per heavy atom. The third kappa shape index (κ3) is 1.96. The molecule has 1 aliphatic heterocycles. The van der Waals surface area contributed by atoms with Gasteiger partial charge in [-0.05, 0) is 6.92 Å². The van der Waals surface area contributed by atoms with Crippen LogP contribution in [-0.2, 0) is 9.59 Å². The lowest BCUT2D eigenvalue weighted by molar-refractivity contribution is -0.130. The Kier molecular flexibility index (Phi) is 2.74. The van der Waals surface area contributed by atoms with Gasteiger partial charge in [-0.2, -0.15) is 0 Å². The second-order valence-corrected chi connectivity index (χ2v) is 3.80. The van der Waals surface area contributed by atoms with Gasteiger partial charge in [-0.25, -0.2) is 9.97 Å². The van der Waals surface area contributed by atoms with Gasteiger partial charge >= 0.3 is 0 Å². The summed E-state index contributed by atoms with van der Waals surface area (Å²) in [5.41, 5.74) is 0.659. The molecule has 0 bridgehead atoms. The van der Waals surface area contributed by atoms with Gasteiger partial charge in [0.1, 0.15) is 17.3 Å². The molecule has 1 aromatic heterocycles. The highest BCUT2D eigenvalue weighted by Gasteiger charge is 2.25. The Morgan fingerprint density at radius 2 is 1.94 bits per heavy atom. The van der Waals surface area contributed by atoms with Gasteiger partial charge in [-0.15, -0.1) is 0 Å². The summed E-state index contributed by atoms with van der Waals surface area (Å²) in [6, 6.07) is 0. The van der Waals surface area contributed by atoms with Crippen LogP contribution < -0.4 is 10.2 Å². The van der Waals surface area contributed by atoms with Crippen LogP contribution in [0.3, 0.4) is 0 Å². The molecule has 1 N–H and O–H groups in total. The molecule has 0 aromatic carbocycles. The maximum atomic E-state index is 11.2. The molecule has 2 amide bonds. The van der Waals surface area contributed by atoms with E-state index in [1.165, 1.54) is 6.33 Å². The highest BCUT2D eigenvalue weighted by molar-refractivity contribution is 6.30. The summed E-state index contributed by atoms with van der Waals surface area (Å²) >= 11 is 5.84. The standard InChI is InChI=1S/C9H9ClN4O2/c1-5-8(10)11-4-12-9(5)14-2-6(15)13-7(16)3-14/h4H,2-3H2,1H3,(H,13,15,16). The maximum Gasteiger partial charge on any atom is 0.246 e. The maximum absolute atomic E-state index is 11.2. The zero-order valence-corrected chi connectivity index (χ0v) is 9.28. The number of nitrogens with one attached hydrogen (secondary N) is 1. The molecule has 1 fully saturated rings. The Hall–Kier alpha value is -1.69. The predicted octanol–water partition coefficient (Wildman–Crippen LogP) is -0.0988. The summed E-state index contributed by atoms with van der Waals surface area (Å²) in [5, 5.41) is 2.54. The molecule has 0 radical (unpaired) electrons. The van der Waals surface area contributed by atoms with E-state index in [-0.39, 0.29) is 24.9 Å². The normalized spacial score (nSPS) is 16.2. The minimum Gasteiger partial charge on any atom is -0.338 e. The van der Waals surface area contributed by atoms with Crippen molar-refractivity contribution in [2.75, 3.05) is 18.0 Å². The molecule has 84 valence electrons. The van der Waals surface area contributed by atoms with Gasteiger partial charge in [0.15, 0.2) is 0 Å². The van der Waals surface area contributed by atoms with Gasteiger partial charge in [-0.3, -0.25) is 14.9 Å². The average Bonchev–Trinajstić information content (AvgIpc) is 2.20. The molecule has 6 nitrogen and oxygen atoms in total. The van der Waals surface area contributed by atoms with Crippen LogP contribution in [0.15, 0.2) is 6.33 Å². The first kappa shape index (κ1) is 10.8. The van der Waals surface area contributed by atoms with Crippen LogP contribution in [0.2, 0.25) is 5.15 Å². The predicted molar refractivity (Wildman–Crippen MR) is 57.1 cm³/mol. The highest BCUT2D eigenvalue weighted by Crippen LogP contribution is 2.22. The largest absolute Gasteiger partial charge is 0.338 e. The number of halogens is 1. The second kappa shape index (κ2) is 4.05. The summed E-state index contributed by atoms with van der Waals surface area (Å²) in [7, 11) is 0. The third-order valence-electron chi connectivity index (χ3n) is 2.24. The number of piperazine rings is 1. The smallest absolute Gasteiger partial charge is 0.246 e. The van der Waals surface area contributed by atoms with Crippen molar-refractivity contribution in [3.05, 3.63) is 17.0 Å². The minimum atomic E-state index is -0.342. The third-order valence-corrected chi connectivity index (χ3v) is 2.62. The molecule has 2 rings (SSSR count). The first-order valence-electron chi connectivity index (χ1n) is 4.62.